The van der Waals surface area contributed by atoms with Gasteiger partial charge in [-0.2, -0.15) is 0 Å². The van der Waals surface area contributed by atoms with Crippen molar-refractivity contribution in [2.45, 2.75) is 38.5 Å². The summed E-state index contributed by atoms with van der Waals surface area (Å²) in [6.45, 7) is 4.15. The molecule has 0 atom stereocenters. The maximum absolute atomic E-state index is 14.5. The van der Waals surface area contributed by atoms with E-state index in [2.05, 4.69) is 15.3 Å². The molecule has 0 bridgehead atoms. The molecule has 2 fully saturated rings. The molecule has 1 aromatic heterocycles. The molecule has 2 aliphatic heterocycles. The van der Waals surface area contributed by atoms with Crippen LogP contribution < -0.4 is 15.6 Å². The summed E-state index contributed by atoms with van der Waals surface area (Å²) < 4.78 is 25.7. The molecule has 0 unspecified atom stereocenters. The lowest BCUT2D eigenvalue weighted by Crippen LogP contribution is -2.30. The van der Waals surface area contributed by atoms with Crippen LogP contribution in [0.1, 0.15) is 37.9 Å². The number of aryl methyl sites for hydroxylation is 1. The van der Waals surface area contributed by atoms with Crippen LogP contribution in [0.15, 0.2) is 16.9 Å². The van der Waals surface area contributed by atoms with Gasteiger partial charge in [0.15, 0.2) is 0 Å². The monoisotopic (exact) mass is 389 g/mol. The van der Waals surface area contributed by atoms with Gasteiger partial charge in [0.2, 0.25) is 0 Å². The molecule has 4 rings (SSSR count). The Morgan fingerprint density at radius 1 is 1.14 bits per heavy atom. The molecular formula is C21H28FN3O3. The number of nitrogens with zero attached hydrogens (tertiary/aromatic N) is 1. The van der Waals surface area contributed by atoms with E-state index in [1.54, 1.807) is 6.07 Å². The zero-order valence-electron chi connectivity index (χ0n) is 16.1. The summed E-state index contributed by atoms with van der Waals surface area (Å²) >= 11 is 0. The lowest BCUT2D eigenvalue weighted by molar-refractivity contribution is 0.0638. The Bertz CT molecular complexity index is 853. The number of nitrogens with one attached hydrogen (secondary N) is 2. The van der Waals surface area contributed by atoms with Crippen molar-refractivity contribution < 1.29 is 13.9 Å². The van der Waals surface area contributed by atoms with Crippen molar-refractivity contribution in [1.29, 1.82) is 0 Å². The number of hydrogen-bond acceptors (Lipinski definition) is 5. The van der Waals surface area contributed by atoms with Gasteiger partial charge in [0.1, 0.15) is 22.8 Å². The lowest BCUT2D eigenvalue weighted by atomic mass is 9.95. The fraction of sp³-hybridized carbons (Fsp3) is 0.619. The van der Waals surface area contributed by atoms with Gasteiger partial charge in [-0.25, -0.2) is 9.37 Å². The van der Waals surface area contributed by atoms with Gasteiger partial charge in [-0.15, -0.1) is 0 Å². The standard InChI is InChI=1S/C21H28FN3O3/c22-17-11-16(28-13-15-3-7-23-8-4-15)12-18-20(17)21(26)25-19(24-18)2-1-14-5-9-27-10-6-14/h11-12,14-15,23H,1-10,13H2,(H,24,25,26). The van der Waals surface area contributed by atoms with Crippen LogP contribution in [0, 0.1) is 17.7 Å². The van der Waals surface area contributed by atoms with Gasteiger partial charge in [-0.05, 0) is 57.0 Å². The Labute approximate surface area is 163 Å². The van der Waals surface area contributed by atoms with E-state index in [4.69, 9.17) is 9.47 Å². The van der Waals surface area contributed by atoms with E-state index in [1.807, 2.05) is 0 Å². The third-order valence-corrected chi connectivity index (χ3v) is 5.86. The molecule has 0 spiro atoms. The Balaban J connectivity index is 1.48. The molecule has 2 N–H and O–H groups in total. The molecule has 152 valence electrons. The predicted molar refractivity (Wildman–Crippen MR) is 105 cm³/mol. The van der Waals surface area contributed by atoms with Gasteiger partial charge in [-0.1, -0.05) is 0 Å². The average Bonchev–Trinajstić information content (AvgIpc) is 2.72. The average molecular weight is 389 g/mol. The molecule has 2 aliphatic rings. The quantitative estimate of drug-likeness (QED) is 0.795. The number of benzene rings is 1. The fourth-order valence-electron chi connectivity index (χ4n) is 4.09. The molecule has 3 heterocycles. The van der Waals surface area contributed by atoms with Gasteiger partial charge in [0, 0.05) is 31.8 Å². The highest BCUT2D eigenvalue weighted by atomic mass is 19.1. The number of aromatic nitrogens is 2. The topological polar surface area (TPSA) is 76.2 Å². The summed E-state index contributed by atoms with van der Waals surface area (Å²) in [4.78, 5) is 19.7. The summed E-state index contributed by atoms with van der Waals surface area (Å²) in [5, 5.41) is 3.33. The van der Waals surface area contributed by atoms with Crippen LogP contribution in [0.4, 0.5) is 4.39 Å². The first kappa shape index (κ1) is 19.3. The van der Waals surface area contributed by atoms with E-state index in [9.17, 15) is 9.18 Å². The van der Waals surface area contributed by atoms with Crippen LogP contribution in [-0.4, -0.2) is 42.9 Å². The van der Waals surface area contributed by atoms with Gasteiger partial charge in [0.05, 0.1) is 12.1 Å². The minimum atomic E-state index is -0.581. The molecule has 28 heavy (non-hydrogen) atoms. The minimum Gasteiger partial charge on any atom is -0.493 e. The molecule has 0 saturated carbocycles. The molecule has 2 saturated heterocycles. The highest BCUT2D eigenvalue weighted by molar-refractivity contribution is 5.79. The maximum Gasteiger partial charge on any atom is 0.261 e. The Morgan fingerprint density at radius 2 is 1.93 bits per heavy atom. The summed E-state index contributed by atoms with van der Waals surface area (Å²) in [6, 6.07) is 2.98. The van der Waals surface area contributed by atoms with E-state index in [-0.39, 0.29) is 5.39 Å². The van der Waals surface area contributed by atoms with Crippen LogP contribution in [0.5, 0.6) is 5.75 Å². The number of rotatable bonds is 6. The van der Waals surface area contributed by atoms with Crippen LogP contribution in [0.3, 0.4) is 0 Å². The van der Waals surface area contributed by atoms with Gasteiger partial charge in [-0.3, -0.25) is 4.79 Å². The number of hydrogen-bond donors (Lipinski definition) is 2. The smallest absolute Gasteiger partial charge is 0.261 e. The van der Waals surface area contributed by atoms with Crippen LogP contribution in [-0.2, 0) is 11.2 Å². The van der Waals surface area contributed by atoms with E-state index in [0.717, 1.165) is 58.4 Å². The zero-order valence-corrected chi connectivity index (χ0v) is 16.1. The number of piperidine rings is 1. The first-order valence-electron chi connectivity index (χ1n) is 10.3. The number of fused-ring (bicyclic) bond motifs is 1. The van der Waals surface area contributed by atoms with Crippen molar-refractivity contribution >= 4 is 10.9 Å². The molecule has 6 nitrogen and oxygen atoms in total. The van der Waals surface area contributed by atoms with Crippen LogP contribution in [0.2, 0.25) is 0 Å². The van der Waals surface area contributed by atoms with Crippen molar-refractivity contribution in [3.63, 3.8) is 0 Å². The SMILES string of the molecule is O=c1[nH]c(CCC2CCOCC2)nc2cc(OCC3CCNCC3)cc(F)c12. The highest BCUT2D eigenvalue weighted by Crippen LogP contribution is 2.24. The molecule has 0 amide bonds. The third-order valence-electron chi connectivity index (χ3n) is 5.86. The van der Waals surface area contributed by atoms with Crippen LogP contribution in [0.25, 0.3) is 10.9 Å². The third kappa shape index (κ3) is 4.70. The fourth-order valence-corrected chi connectivity index (χ4v) is 4.09. The Kier molecular flexibility index (Phi) is 6.22. The summed E-state index contributed by atoms with van der Waals surface area (Å²) in [6.07, 6.45) is 5.83. The summed E-state index contributed by atoms with van der Waals surface area (Å²) in [7, 11) is 0. The maximum atomic E-state index is 14.5. The number of aromatic amines is 1. The second-order valence-electron chi connectivity index (χ2n) is 7.91. The predicted octanol–water partition coefficient (Wildman–Crippen LogP) is 2.80. The molecule has 7 heteroatoms. The van der Waals surface area contributed by atoms with E-state index in [1.165, 1.54) is 6.07 Å². The van der Waals surface area contributed by atoms with Crippen molar-refractivity contribution in [2.75, 3.05) is 32.9 Å². The normalized spacial score (nSPS) is 19.2. The van der Waals surface area contributed by atoms with Gasteiger partial charge < -0.3 is 19.8 Å². The van der Waals surface area contributed by atoms with E-state index >= 15 is 0 Å². The first-order valence-corrected chi connectivity index (χ1v) is 10.3. The number of ether oxygens (including phenoxy) is 2. The van der Waals surface area contributed by atoms with Crippen molar-refractivity contribution in [3.05, 3.63) is 34.1 Å². The Morgan fingerprint density at radius 3 is 2.71 bits per heavy atom. The van der Waals surface area contributed by atoms with Crippen LogP contribution >= 0.6 is 0 Å². The summed E-state index contributed by atoms with van der Waals surface area (Å²) in [5.74, 6) is 1.53. The van der Waals surface area contributed by atoms with E-state index < -0.39 is 11.4 Å². The number of H-pyrrole nitrogens is 1. The minimum absolute atomic E-state index is 0.00373. The number of halogens is 1. The second-order valence-corrected chi connectivity index (χ2v) is 7.91. The van der Waals surface area contributed by atoms with E-state index in [0.29, 0.717) is 42.0 Å². The second kappa shape index (κ2) is 9.01. The molecule has 1 aromatic carbocycles. The molecule has 0 radical (unpaired) electrons. The summed E-state index contributed by atoms with van der Waals surface area (Å²) in [5.41, 5.74) is -0.0552. The molecule has 2 aromatic rings. The van der Waals surface area contributed by atoms with Gasteiger partial charge in [0.25, 0.3) is 5.56 Å². The van der Waals surface area contributed by atoms with Gasteiger partial charge >= 0.3 is 0 Å². The first-order chi connectivity index (χ1) is 13.7. The zero-order chi connectivity index (χ0) is 19.3. The van der Waals surface area contributed by atoms with Crippen molar-refractivity contribution in [3.8, 4) is 5.75 Å². The largest absolute Gasteiger partial charge is 0.493 e. The molecular weight excluding hydrogens is 361 g/mol. The molecule has 0 aliphatic carbocycles. The van der Waals surface area contributed by atoms with Crippen molar-refractivity contribution in [2.24, 2.45) is 11.8 Å². The van der Waals surface area contributed by atoms with Crippen molar-refractivity contribution in [1.82, 2.24) is 15.3 Å². The Hall–Kier alpha value is -1.99. The highest BCUT2D eigenvalue weighted by Gasteiger charge is 2.17. The lowest BCUT2D eigenvalue weighted by Gasteiger charge is -2.22.